The second-order valence-corrected chi connectivity index (χ2v) is 5.82. The van der Waals surface area contributed by atoms with E-state index < -0.39 is 0 Å². The molecule has 0 radical (unpaired) electrons. The minimum absolute atomic E-state index is 0.560. The highest BCUT2D eigenvalue weighted by Crippen LogP contribution is 2.44. The summed E-state index contributed by atoms with van der Waals surface area (Å²) in [5.41, 5.74) is 3.84. The molecule has 1 saturated carbocycles. The van der Waals surface area contributed by atoms with Gasteiger partial charge in [-0.25, -0.2) is 4.98 Å². The lowest BCUT2D eigenvalue weighted by molar-refractivity contribution is 0.0801. The molecule has 1 aromatic heterocycles. The summed E-state index contributed by atoms with van der Waals surface area (Å²) < 4.78 is 0. The molecular weight excluding hydrogens is 204 g/mol. The average Bonchev–Trinajstić information content (AvgIpc) is 2.84. The maximum Gasteiger partial charge on any atom is 0.0794 e. The quantitative estimate of drug-likeness (QED) is 0.850. The first-order valence-electron chi connectivity index (χ1n) is 5.97. The van der Waals surface area contributed by atoms with Gasteiger partial charge in [0.2, 0.25) is 0 Å². The normalized spacial score (nSPS) is 25.3. The Morgan fingerprint density at radius 3 is 2.73 bits per heavy atom. The zero-order valence-corrected chi connectivity index (χ0v) is 9.85. The first-order chi connectivity index (χ1) is 7.39. The van der Waals surface area contributed by atoms with Crippen LogP contribution in [0.5, 0.6) is 0 Å². The van der Waals surface area contributed by atoms with Crippen molar-refractivity contribution in [2.75, 3.05) is 13.1 Å². The lowest BCUT2D eigenvalue weighted by Crippen LogP contribution is -2.58. The van der Waals surface area contributed by atoms with Gasteiger partial charge in [0.15, 0.2) is 0 Å². The van der Waals surface area contributed by atoms with E-state index in [2.05, 4.69) is 15.7 Å². The predicted molar refractivity (Wildman–Crippen MR) is 63.1 cm³/mol. The fraction of sp³-hybridized carbons (Fsp3) is 0.750. The van der Waals surface area contributed by atoms with Gasteiger partial charge >= 0.3 is 0 Å². The highest BCUT2D eigenvalue weighted by atomic mass is 32.1. The van der Waals surface area contributed by atoms with Gasteiger partial charge < -0.3 is 5.32 Å². The highest BCUT2D eigenvalue weighted by Gasteiger charge is 2.44. The SMILES string of the molecule is c1nc(CC2(C3CCCC3)CNC2)cs1. The van der Waals surface area contributed by atoms with Crippen molar-refractivity contribution in [3.63, 3.8) is 0 Å². The monoisotopic (exact) mass is 222 g/mol. The van der Waals surface area contributed by atoms with Gasteiger partial charge in [0.05, 0.1) is 11.2 Å². The third-order valence-corrected chi connectivity index (χ3v) is 4.83. The average molecular weight is 222 g/mol. The van der Waals surface area contributed by atoms with Crippen molar-refractivity contribution in [2.45, 2.75) is 32.1 Å². The fourth-order valence-corrected chi connectivity index (χ4v) is 3.79. The molecule has 3 heteroatoms. The van der Waals surface area contributed by atoms with E-state index in [1.807, 2.05) is 5.51 Å². The van der Waals surface area contributed by atoms with E-state index in [1.165, 1.54) is 50.9 Å². The van der Waals surface area contributed by atoms with E-state index in [1.54, 1.807) is 11.3 Å². The zero-order chi connectivity index (χ0) is 10.1. The number of rotatable bonds is 3. The van der Waals surface area contributed by atoms with Crippen LogP contribution >= 0.6 is 11.3 Å². The molecule has 1 aliphatic carbocycles. The Morgan fingerprint density at radius 1 is 1.40 bits per heavy atom. The molecule has 1 aromatic rings. The summed E-state index contributed by atoms with van der Waals surface area (Å²) in [5, 5.41) is 5.68. The number of nitrogens with one attached hydrogen (secondary N) is 1. The van der Waals surface area contributed by atoms with E-state index in [0.29, 0.717) is 5.41 Å². The molecule has 2 aliphatic rings. The summed E-state index contributed by atoms with van der Waals surface area (Å²) >= 11 is 1.73. The Bertz CT molecular complexity index is 310. The zero-order valence-electron chi connectivity index (χ0n) is 9.04. The van der Waals surface area contributed by atoms with Crippen LogP contribution < -0.4 is 5.32 Å². The topological polar surface area (TPSA) is 24.9 Å². The summed E-state index contributed by atoms with van der Waals surface area (Å²) in [6.07, 6.45) is 7.00. The highest BCUT2D eigenvalue weighted by molar-refractivity contribution is 7.07. The molecular formula is C12H18N2S. The molecule has 2 heterocycles. The molecule has 0 unspecified atom stereocenters. The van der Waals surface area contributed by atoms with Crippen LogP contribution in [0.2, 0.25) is 0 Å². The lowest BCUT2D eigenvalue weighted by atomic mass is 9.67. The Kier molecular flexibility index (Phi) is 2.53. The Labute approximate surface area is 95.1 Å². The summed E-state index contributed by atoms with van der Waals surface area (Å²) in [4.78, 5) is 4.45. The number of aromatic nitrogens is 1. The maximum atomic E-state index is 4.45. The van der Waals surface area contributed by atoms with Crippen molar-refractivity contribution >= 4 is 11.3 Å². The predicted octanol–water partition coefficient (Wildman–Crippen LogP) is 2.47. The Balaban J connectivity index is 1.74. The fourth-order valence-electron chi connectivity index (χ4n) is 3.23. The molecule has 0 aromatic carbocycles. The van der Waals surface area contributed by atoms with Gasteiger partial charge in [-0.15, -0.1) is 11.3 Å². The van der Waals surface area contributed by atoms with Crippen LogP contribution in [-0.4, -0.2) is 18.1 Å². The van der Waals surface area contributed by atoms with Crippen LogP contribution in [0.4, 0.5) is 0 Å². The summed E-state index contributed by atoms with van der Waals surface area (Å²) in [6, 6.07) is 0. The molecule has 2 fully saturated rings. The van der Waals surface area contributed by atoms with Crippen LogP contribution in [-0.2, 0) is 6.42 Å². The van der Waals surface area contributed by atoms with Crippen molar-refractivity contribution in [2.24, 2.45) is 11.3 Å². The first-order valence-corrected chi connectivity index (χ1v) is 6.91. The van der Waals surface area contributed by atoms with Crippen LogP contribution in [0, 0.1) is 11.3 Å². The molecule has 0 atom stereocenters. The van der Waals surface area contributed by atoms with E-state index >= 15 is 0 Å². The van der Waals surface area contributed by atoms with Crippen molar-refractivity contribution in [1.82, 2.24) is 10.3 Å². The van der Waals surface area contributed by atoms with Gasteiger partial charge in [-0.05, 0) is 25.2 Å². The van der Waals surface area contributed by atoms with Gasteiger partial charge in [0.25, 0.3) is 0 Å². The smallest absolute Gasteiger partial charge is 0.0794 e. The van der Waals surface area contributed by atoms with Gasteiger partial charge in [-0.3, -0.25) is 0 Å². The second-order valence-electron chi connectivity index (χ2n) is 5.10. The molecule has 1 aliphatic heterocycles. The Hall–Kier alpha value is -0.410. The maximum absolute atomic E-state index is 4.45. The molecule has 0 amide bonds. The third-order valence-electron chi connectivity index (χ3n) is 4.19. The summed E-state index contributed by atoms with van der Waals surface area (Å²) in [7, 11) is 0. The number of hydrogen-bond donors (Lipinski definition) is 1. The van der Waals surface area contributed by atoms with Gasteiger partial charge in [-0.1, -0.05) is 12.8 Å². The molecule has 1 saturated heterocycles. The molecule has 0 bridgehead atoms. The van der Waals surface area contributed by atoms with Crippen molar-refractivity contribution in [3.05, 3.63) is 16.6 Å². The third kappa shape index (κ3) is 1.72. The van der Waals surface area contributed by atoms with Crippen LogP contribution in [0.3, 0.4) is 0 Å². The van der Waals surface area contributed by atoms with E-state index in [9.17, 15) is 0 Å². The molecule has 3 rings (SSSR count). The minimum Gasteiger partial charge on any atom is -0.315 e. The number of nitrogens with zero attached hydrogens (tertiary/aromatic N) is 1. The van der Waals surface area contributed by atoms with E-state index in [-0.39, 0.29) is 0 Å². The van der Waals surface area contributed by atoms with Gasteiger partial charge in [0.1, 0.15) is 0 Å². The van der Waals surface area contributed by atoms with E-state index in [4.69, 9.17) is 0 Å². The van der Waals surface area contributed by atoms with Crippen molar-refractivity contribution in [3.8, 4) is 0 Å². The van der Waals surface area contributed by atoms with Gasteiger partial charge in [0, 0.05) is 23.9 Å². The second kappa shape index (κ2) is 3.87. The number of thiazole rings is 1. The largest absolute Gasteiger partial charge is 0.315 e. The van der Waals surface area contributed by atoms with Crippen LogP contribution in [0.15, 0.2) is 10.9 Å². The van der Waals surface area contributed by atoms with Crippen molar-refractivity contribution in [1.29, 1.82) is 0 Å². The molecule has 2 nitrogen and oxygen atoms in total. The van der Waals surface area contributed by atoms with Crippen LogP contribution in [0.1, 0.15) is 31.4 Å². The Morgan fingerprint density at radius 2 is 2.20 bits per heavy atom. The van der Waals surface area contributed by atoms with Crippen molar-refractivity contribution < 1.29 is 0 Å². The molecule has 1 N–H and O–H groups in total. The number of hydrogen-bond acceptors (Lipinski definition) is 3. The molecule has 0 spiro atoms. The summed E-state index contributed by atoms with van der Waals surface area (Å²) in [5.74, 6) is 0.959. The van der Waals surface area contributed by atoms with Gasteiger partial charge in [-0.2, -0.15) is 0 Å². The first kappa shape index (κ1) is 9.79. The van der Waals surface area contributed by atoms with E-state index in [0.717, 1.165) is 5.92 Å². The standard InChI is InChI=1S/C12H18N2S/c1-2-4-10(3-1)12(7-13-8-12)5-11-6-15-9-14-11/h6,9-10,13H,1-5,7-8H2. The lowest BCUT2D eigenvalue weighted by Gasteiger charge is -2.47. The summed E-state index contributed by atoms with van der Waals surface area (Å²) in [6.45, 7) is 2.43. The minimum atomic E-state index is 0.560. The molecule has 82 valence electrons. The molecule has 15 heavy (non-hydrogen) atoms. The van der Waals surface area contributed by atoms with Crippen LogP contribution in [0.25, 0.3) is 0 Å².